The number of nitrogen functional groups attached to an aromatic ring is 1. The van der Waals surface area contributed by atoms with Gasteiger partial charge in [-0.2, -0.15) is 5.10 Å². The highest BCUT2D eigenvalue weighted by molar-refractivity contribution is 5.44. The van der Waals surface area contributed by atoms with Crippen LogP contribution in [0.25, 0.3) is 0 Å². The predicted octanol–water partition coefficient (Wildman–Crippen LogP) is 1.12. The van der Waals surface area contributed by atoms with Crippen molar-refractivity contribution in [2.45, 2.75) is 19.3 Å². The van der Waals surface area contributed by atoms with Crippen molar-refractivity contribution in [3.05, 3.63) is 11.9 Å². The summed E-state index contributed by atoms with van der Waals surface area (Å²) in [5.41, 5.74) is 7.60. The average Bonchev–Trinajstić information content (AvgIpc) is 2.42. The van der Waals surface area contributed by atoms with Gasteiger partial charge in [0.25, 0.3) is 0 Å². The van der Waals surface area contributed by atoms with Crippen molar-refractivity contribution in [2.75, 3.05) is 5.73 Å². The van der Waals surface area contributed by atoms with Gasteiger partial charge in [-0.15, -0.1) is 0 Å². The van der Waals surface area contributed by atoms with Gasteiger partial charge in [0.05, 0.1) is 17.6 Å². The molecule has 1 aliphatic rings. The molecule has 1 saturated carbocycles. The van der Waals surface area contributed by atoms with Crippen LogP contribution in [0.5, 0.6) is 0 Å². The molecule has 2 unspecified atom stereocenters. The first-order chi connectivity index (χ1) is 4.79. The van der Waals surface area contributed by atoms with E-state index in [2.05, 4.69) is 17.1 Å². The maximum Gasteiger partial charge on any atom is 0.0733 e. The van der Waals surface area contributed by atoms with E-state index in [-0.39, 0.29) is 0 Å². The summed E-state index contributed by atoms with van der Waals surface area (Å²) in [4.78, 5) is 0. The van der Waals surface area contributed by atoms with Crippen LogP contribution >= 0.6 is 0 Å². The van der Waals surface area contributed by atoms with E-state index in [0.717, 1.165) is 17.3 Å². The standard InChI is InChI=1S/C7H11N3/c1-4-2-5(4)7-6(8)3-9-10-7/h3-5H,2,8H2,1H3,(H,9,10). The number of hydrogen-bond donors (Lipinski definition) is 2. The average molecular weight is 137 g/mol. The summed E-state index contributed by atoms with van der Waals surface area (Å²) in [7, 11) is 0. The fraction of sp³-hybridized carbons (Fsp3) is 0.571. The maximum absolute atomic E-state index is 5.65. The van der Waals surface area contributed by atoms with Crippen molar-refractivity contribution < 1.29 is 0 Å². The summed E-state index contributed by atoms with van der Waals surface area (Å²) in [6, 6.07) is 0. The van der Waals surface area contributed by atoms with Crippen LogP contribution < -0.4 is 5.73 Å². The Morgan fingerprint density at radius 2 is 2.50 bits per heavy atom. The molecule has 0 amide bonds. The van der Waals surface area contributed by atoms with Gasteiger partial charge >= 0.3 is 0 Å². The number of hydrogen-bond acceptors (Lipinski definition) is 2. The SMILES string of the molecule is CC1CC1c1[nH]ncc1N. The molecule has 54 valence electrons. The second kappa shape index (κ2) is 1.75. The number of anilines is 1. The number of nitrogens with two attached hydrogens (primary N) is 1. The first-order valence-electron chi connectivity index (χ1n) is 3.58. The summed E-state index contributed by atoms with van der Waals surface area (Å²) in [6.45, 7) is 2.23. The first kappa shape index (κ1) is 5.77. The molecular formula is C7H11N3. The minimum atomic E-state index is 0.655. The van der Waals surface area contributed by atoms with E-state index in [4.69, 9.17) is 5.73 Å². The Balaban J connectivity index is 2.26. The molecule has 3 N–H and O–H groups in total. The van der Waals surface area contributed by atoms with Gasteiger partial charge in [-0.1, -0.05) is 6.92 Å². The van der Waals surface area contributed by atoms with E-state index in [9.17, 15) is 0 Å². The van der Waals surface area contributed by atoms with Crippen LogP contribution in [-0.2, 0) is 0 Å². The number of rotatable bonds is 1. The van der Waals surface area contributed by atoms with E-state index >= 15 is 0 Å². The highest BCUT2D eigenvalue weighted by Crippen LogP contribution is 2.47. The molecule has 0 aromatic carbocycles. The van der Waals surface area contributed by atoms with Crippen molar-refractivity contribution in [2.24, 2.45) is 5.92 Å². The second-order valence-electron chi connectivity index (χ2n) is 3.06. The third-order valence-electron chi connectivity index (χ3n) is 2.18. The molecule has 0 saturated heterocycles. The summed E-state index contributed by atoms with van der Waals surface area (Å²) >= 11 is 0. The summed E-state index contributed by atoms with van der Waals surface area (Å²) in [5.74, 6) is 1.45. The number of aromatic nitrogens is 2. The molecule has 0 bridgehead atoms. The minimum absolute atomic E-state index is 0.655. The number of nitrogens with one attached hydrogen (secondary N) is 1. The molecule has 0 radical (unpaired) electrons. The van der Waals surface area contributed by atoms with Crippen LogP contribution in [0.2, 0.25) is 0 Å². The number of H-pyrrole nitrogens is 1. The molecule has 0 aliphatic heterocycles. The third-order valence-corrected chi connectivity index (χ3v) is 2.18. The Hall–Kier alpha value is -0.990. The van der Waals surface area contributed by atoms with Crippen molar-refractivity contribution >= 4 is 5.69 Å². The molecule has 3 heteroatoms. The van der Waals surface area contributed by atoms with Crippen LogP contribution in [-0.4, -0.2) is 10.2 Å². The van der Waals surface area contributed by atoms with Crippen LogP contribution in [0, 0.1) is 5.92 Å². The Kier molecular flexibility index (Phi) is 1.01. The van der Waals surface area contributed by atoms with Gasteiger partial charge in [0.2, 0.25) is 0 Å². The second-order valence-corrected chi connectivity index (χ2v) is 3.06. The topological polar surface area (TPSA) is 54.7 Å². The van der Waals surface area contributed by atoms with Gasteiger partial charge in [-0.05, 0) is 12.3 Å². The normalized spacial score (nSPS) is 30.5. The van der Waals surface area contributed by atoms with Crippen molar-refractivity contribution in [3.8, 4) is 0 Å². The third kappa shape index (κ3) is 0.701. The first-order valence-corrected chi connectivity index (χ1v) is 3.58. The van der Waals surface area contributed by atoms with Crippen LogP contribution in [0.15, 0.2) is 6.20 Å². The Morgan fingerprint density at radius 1 is 1.80 bits per heavy atom. The quantitative estimate of drug-likeness (QED) is 0.609. The van der Waals surface area contributed by atoms with E-state index < -0.39 is 0 Å². The Morgan fingerprint density at radius 3 is 2.90 bits per heavy atom. The molecule has 1 heterocycles. The smallest absolute Gasteiger partial charge is 0.0733 e. The lowest BCUT2D eigenvalue weighted by atomic mass is 10.2. The zero-order chi connectivity index (χ0) is 7.14. The minimum Gasteiger partial charge on any atom is -0.396 e. The van der Waals surface area contributed by atoms with Gasteiger partial charge < -0.3 is 5.73 Å². The van der Waals surface area contributed by atoms with Gasteiger partial charge in [0.15, 0.2) is 0 Å². The van der Waals surface area contributed by atoms with Gasteiger partial charge in [0, 0.05) is 5.92 Å². The van der Waals surface area contributed by atoms with Crippen molar-refractivity contribution in [3.63, 3.8) is 0 Å². The molecule has 1 fully saturated rings. The number of nitrogens with zero attached hydrogens (tertiary/aromatic N) is 1. The molecular weight excluding hydrogens is 126 g/mol. The largest absolute Gasteiger partial charge is 0.396 e. The van der Waals surface area contributed by atoms with Crippen LogP contribution in [0.4, 0.5) is 5.69 Å². The fourth-order valence-corrected chi connectivity index (χ4v) is 1.33. The predicted molar refractivity (Wildman–Crippen MR) is 39.5 cm³/mol. The molecule has 1 aliphatic carbocycles. The van der Waals surface area contributed by atoms with Gasteiger partial charge in [0.1, 0.15) is 0 Å². The zero-order valence-electron chi connectivity index (χ0n) is 5.96. The summed E-state index contributed by atoms with van der Waals surface area (Å²) < 4.78 is 0. The van der Waals surface area contributed by atoms with Crippen molar-refractivity contribution in [1.29, 1.82) is 0 Å². The summed E-state index contributed by atoms with van der Waals surface area (Å²) in [5, 5.41) is 6.79. The van der Waals surface area contributed by atoms with E-state index in [0.29, 0.717) is 5.92 Å². The van der Waals surface area contributed by atoms with Gasteiger partial charge in [-0.25, -0.2) is 0 Å². The lowest BCUT2D eigenvalue weighted by Gasteiger charge is -1.92. The van der Waals surface area contributed by atoms with Crippen molar-refractivity contribution in [1.82, 2.24) is 10.2 Å². The molecule has 3 nitrogen and oxygen atoms in total. The monoisotopic (exact) mass is 137 g/mol. The highest BCUT2D eigenvalue weighted by atomic mass is 15.1. The Bertz CT molecular complexity index is 241. The molecule has 1 aromatic heterocycles. The molecule has 1 aromatic rings. The summed E-state index contributed by atoms with van der Waals surface area (Å²) in [6.07, 6.45) is 2.94. The molecule has 2 rings (SSSR count). The molecule has 2 atom stereocenters. The molecule has 10 heavy (non-hydrogen) atoms. The van der Waals surface area contributed by atoms with E-state index in [1.54, 1.807) is 6.20 Å². The lowest BCUT2D eigenvalue weighted by molar-refractivity contribution is 0.873. The van der Waals surface area contributed by atoms with Crippen LogP contribution in [0.1, 0.15) is 25.0 Å². The van der Waals surface area contributed by atoms with E-state index in [1.165, 1.54) is 6.42 Å². The highest BCUT2D eigenvalue weighted by Gasteiger charge is 2.36. The Labute approximate surface area is 59.6 Å². The maximum atomic E-state index is 5.65. The fourth-order valence-electron chi connectivity index (χ4n) is 1.33. The molecule has 0 spiro atoms. The van der Waals surface area contributed by atoms with Gasteiger partial charge in [-0.3, -0.25) is 5.10 Å². The zero-order valence-corrected chi connectivity index (χ0v) is 5.96. The number of aromatic amines is 1. The van der Waals surface area contributed by atoms with Crippen LogP contribution in [0.3, 0.4) is 0 Å². The van der Waals surface area contributed by atoms with E-state index in [1.807, 2.05) is 0 Å². The lowest BCUT2D eigenvalue weighted by Crippen LogP contribution is -1.89.